The Bertz CT molecular complexity index is 586. The number of anilines is 1. The molecule has 3 rings (SSSR count). The second-order valence-electron chi connectivity index (χ2n) is 5.64. The van der Waals surface area contributed by atoms with Crippen LogP contribution in [0.1, 0.15) is 30.0 Å². The van der Waals surface area contributed by atoms with Gasteiger partial charge in [-0.3, -0.25) is 0 Å². The summed E-state index contributed by atoms with van der Waals surface area (Å²) in [6, 6.07) is 4.45. The van der Waals surface area contributed by atoms with E-state index in [-0.39, 0.29) is 0 Å². The molecule has 2 atom stereocenters. The van der Waals surface area contributed by atoms with Crippen LogP contribution in [-0.2, 0) is 6.54 Å². The molecule has 2 aromatic rings. The Kier molecular flexibility index (Phi) is 3.53. The van der Waals surface area contributed by atoms with Crippen molar-refractivity contribution in [1.82, 2.24) is 15.1 Å². The van der Waals surface area contributed by atoms with Gasteiger partial charge >= 0.3 is 0 Å². The van der Waals surface area contributed by atoms with E-state index in [0.29, 0.717) is 12.0 Å². The van der Waals surface area contributed by atoms with Gasteiger partial charge < -0.3 is 15.1 Å². The summed E-state index contributed by atoms with van der Waals surface area (Å²) < 4.78 is 7.63. The van der Waals surface area contributed by atoms with Crippen LogP contribution in [0, 0.1) is 19.8 Å². The van der Waals surface area contributed by atoms with E-state index in [1.54, 1.807) is 0 Å². The van der Waals surface area contributed by atoms with E-state index in [1.807, 2.05) is 30.8 Å². The number of fused-ring (bicyclic) bond motifs is 1. The molecular formula is C15H22N4O. The van der Waals surface area contributed by atoms with Crippen LogP contribution in [0.5, 0.6) is 0 Å². The van der Waals surface area contributed by atoms with Gasteiger partial charge in [-0.05, 0) is 26.8 Å². The quantitative estimate of drug-likeness (QED) is 0.899. The summed E-state index contributed by atoms with van der Waals surface area (Å²) in [5.41, 5.74) is 1.26. The molecule has 0 spiro atoms. The normalized spacial score (nSPS) is 19.4. The summed E-state index contributed by atoms with van der Waals surface area (Å²) in [4.78, 5) is 0. The second kappa shape index (κ2) is 5.32. The lowest BCUT2D eigenvalue weighted by atomic mass is 10.1. The lowest BCUT2D eigenvalue weighted by Gasteiger charge is -2.26. The van der Waals surface area contributed by atoms with Crippen LogP contribution in [-0.4, -0.2) is 22.9 Å². The van der Waals surface area contributed by atoms with E-state index < -0.39 is 0 Å². The number of nitrogens with zero attached hydrogens (tertiary/aromatic N) is 2. The molecule has 1 aliphatic rings. The van der Waals surface area contributed by atoms with Crippen LogP contribution < -0.4 is 10.6 Å². The van der Waals surface area contributed by atoms with Crippen molar-refractivity contribution in [3.05, 3.63) is 35.4 Å². The molecule has 108 valence electrons. The Labute approximate surface area is 119 Å². The summed E-state index contributed by atoms with van der Waals surface area (Å²) in [6.07, 6.45) is 1.85. The van der Waals surface area contributed by atoms with E-state index in [2.05, 4.69) is 28.7 Å². The Morgan fingerprint density at radius 2 is 2.40 bits per heavy atom. The highest BCUT2D eigenvalue weighted by Gasteiger charge is 2.19. The third kappa shape index (κ3) is 2.58. The van der Waals surface area contributed by atoms with Gasteiger partial charge in [-0.1, -0.05) is 0 Å². The number of nitrogens with one attached hydrogen (secondary N) is 2. The van der Waals surface area contributed by atoms with Crippen LogP contribution in [0.15, 0.2) is 22.7 Å². The van der Waals surface area contributed by atoms with Gasteiger partial charge in [0.05, 0.1) is 6.20 Å². The van der Waals surface area contributed by atoms with Gasteiger partial charge in [0.25, 0.3) is 0 Å². The number of aromatic nitrogens is 2. The Morgan fingerprint density at radius 1 is 1.55 bits per heavy atom. The predicted octanol–water partition coefficient (Wildman–Crippen LogP) is 2.49. The average molecular weight is 274 g/mol. The van der Waals surface area contributed by atoms with Gasteiger partial charge in [0.1, 0.15) is 17.3 Å². The minimum Gasteiger partial charge on any atom is -0.466 e. The maximum Gasteiger partial charge on any atom is 0.124 e. The van der Waals surface area contributed by atoms with Crippen LogP contribution in [0.2, 0.25) is 0 Å². The van der Waals surface area contributed by atoms with Gasteiger partial charge in [0.2, 0.25) is 0 Å². The van der Waals surface area contributed by atoms with E-state index >= 15 is 0 Å². The molecule has 5 nitrogen and oxygen atoms in total. The van der Waals surface area contributed by atoms with Crippen LogP contribution >= 0.6 is 0 Å². The van der Waals surface area contributed by atoms with Crippen molar-refractivity contribution in [3.8, 4) is 0 Å². The van der Waals surface area contributed by atoms with Crippen LogP contribution in [0.25, 0.3) is 0 Å². The van der Waals surface area contributed by atoms with Crippen LogP contribution in [0.3, 0.4) is 0 Å². The van der Waals surface area contributed by atoms with Crippen molar-refractivity contribution in [3.63, 3.8) is 0 Å². The molecule has 1 aliphatic heterocycles. The first-order valence-electron chi connectivity index (χ1n) is 7.19. The zero-order chi connectivity index (χ0) is 14.1. The fourth-order valence-electron chi connectivity index (χ4n) is 2.86. The molecule has 0 aromatic carbocycles. The molecule has 5 heteroatoms. The van der Waals surface area contributed by atoms with E-state index in [0.717, 1.165) is 37.0 Å². The average Bonchev–Trinajstić information content (AvgIpc) is 3.01. The topological polar surface area (TPSA) is 55.0 Å². The molecule has 2 N–H and O–H groups in total. The number of hydrogen-bond donors (Lipinski definition) is 2. The van der Waals surface area contributed by atoms with Crippen LogP contribution in [0.4, 0.5) is 5.82 Å². The number of hydrogen-bond acceptors (Lipinski definition) is 4. The monoisotopic (exact) mass is 274 g/mol. The van der Waals surface area contributed by atoms with Crippen molar-refractivity contribution in [2.45, 2.75) is 33.4 Å². The van der Waals surface area contributed by atoms with Gasteiger partial charge in [-0.15, -0.1) is 0 Å². The summed E-state index contributed by atoms with van der Waals surface area (Å²) in [7, 11) is 0. The zero-order valence-corrected chi connectivity index (χ0v) is 12.3. The first-order chi connectivity index (χ1) is 9.63. The summed E-state index contributed by atoms with van der Waals surface area (Å²) in [5, 5.41) is 11.3. The van der Waals surface area contributed by atoms with Gasteiger partial charge in [-0.2, -0.15) is 5.10 Å². The third-order valence-electron chi connectivity index (χ3n) is 3.98. The Balaban J connectivity index is 1.56. The molecule has 0 saturated heterocycles. The third-order valence-corrected chi connectivity index (χ3v) is 3.98. The highest BCUT2D eigenvalue weighted by atomic mass is 16.3. The Hall–Kier alpha value is -1.75. The second-order valence-corrected chi connectivity index (χ2v) is 5.64. The molecule has 20 heavy (non-hydrogen) atoms. The highest BCUT2D eigenvalue weighted by molar-refractivity contribution is 5.35. The SMILES string of the molecule is Cc1cc([C@H](C)NC[C@@H]2CNc3ccnn3C2)c(C)o1. The lowest BCUT2D eigenvalue weighted by molar-refractivity contribution is 0.375. The van der Waals surface area contributed by atoms with Gasteiger partial charge in [0.15, 0.2) is 0 Å². The number of rotatable bonds is 4. The van der Waals surface area contributed by atoms with Crippen molar-refractivity contribution < 1.29 is 4.42 Å². The zero-order valence-electron chi connectivity index (χ0n) is 12.3. The van der Waals surface area contributed by atoms with E-state index in [1.165, 1.54) is 5.56 Å². The minimum absolute atomic E-state index is 0.312. The molecule has 2 aromatic heterocycles. The summed E-state index contributed by atoms with van der Waals surface area (Å²) >= 11 is 0. The molecule has 0 radical (unpaired) electrons. The van der Waals surface area contributed by atoms with Crippen molar-refractivity contribution in [2.75, 3.05) is 18.4 Å². The standard InChI is InChI=1S/C15H22N4O/c1-10-6-14(12(3)20-10)11(2)16-7-13-8-17-15-4-5-18-19(15)9-13/h4-6,11,13,16-17H,7-9H2,1-3H3/t11-,13+/m0/s1. The molecule has 0 fully saturated rings. The molecule has 3 heterocycles. The lowest BCUT2D eigenvalue weighted by Crippen LogP contribution is -2.36. The van der Waals surface area contributed by atoms with Gasteiger partial charge in [0, 0.05) is 43.2 Å². The maximum absolute atomic E-state index is 5.60. The smallest absolute Gasteiger partial charge is 0.124 e. The molecule has 0 bridgehead atoms. The molecule has 0 saturated carbocycles. The number of furan rings is 1. The summed E-state index contributed by atoms with van der Waals surface area (Å²) in [5.74, 6) is 3.67. The first kappa shape index (κ1) is 13.2. The van der Waals surface area contributed by atoms with E-state index in [9.17, 15) is 0 Å². The minimum atomic E-state index is 0.312. The van der Waals surface area contributed by atoms with Crippen molar-refractivity contribution in [2.24, 2.45) is 5.92 Å². The first-order valence-corrected chi connectivity index (χ1v) is 7.19. The van der Waals surface area contributed by atoms with E-state index in [4.69, 9.17) is 4.42 Å². The fourth-order valence-corrected chi connectivity index (χ4v) is 2.86. The molecule has 0 amide bonds. The molecular weight excluding hydrogens is 252 g/mol. The highest BCUT2D eigenvalue weighted by Crippen LogP contribution is 2.22. The fraction of sp³-hybridized carbons (Fsp3) is 0.533. The summed E-state index contributed by atoms with van der Waals surface area (Å²) in [6.45, 7) is 9.14. The Morgan fingerprint density at radius 3 is 3.15 bits per heavy atom. The van der Waals surface area contributed by atoms with Crippen molar-refractivity contribution in [1.29, 1.82) is 0 Å². The van der Waals surface area contributed by atoms with Gasteiger partial charge in [-0.25, -0.2) is 4.68 Å². The molecule has 0 unspecified atom stereocenters. The van der Waals surface area contributed by atoms with Crippen molar-refractivity contribution >= 4 is 5.82 Å². The predicted molar refractivity (Wildman–Crippen MR) is 78.8 cm³/mol. The number of aryl methyl sites for hydroxylation is 2. The molecule has 0 aliphatic carbocycles. The maximum atomic E-state index is 5.60. The largest absolute Gasteiger partial charge is 0.466 e.